The molecule has 0 aliphatic rings. The molecule has 14 heavy (non-hydrogen) atoms. The molecule has 0 N–H and O–H groups in total. The lowest BCUT2D eigenvalue weighted by molar-refractivity contribution is 0.0991. The van der Waals surface area contributed by atoms with E-state index >= 15 is 0 Å². The van der Waals surface area contributed by atoms with Gasteiger partial charge in [-0.15, -0.1) is 0 Å². The molecule has 74 valence electrons. The molecule has 0 heterocycles. The Labute approximate surface area is 89.2 Å². The predicted molar refractivity (Wildman–Crippen MR) is 54.5 cm³/mol. The van der Waals surface area contributed by atoms with Crippen LogP contribution in [0.5, 0.6) is 0 Å². The van der Waals surface area contributed by atoms with Gasteiger partial charge in [-0.3, -0.25) is 9.59 Å². The highest BCUT2D eigenvalue weighted by molar-refractivity contribution is 9.10. The van der Waals surface area contributed by atoms with E-state index in [0.717, 1.165) is 6.07 Å². The average molecular weight is 259 g/mol. The predicted octanol–water partition coefficient (Wildman–Crippen LogP) is 2.60. The Kier molecular flexibility index (Phi) is 3.52. The highest BCUT2D eigenvalue weighted by Gasteiger charge is 2.16. The molecule has 1 aromatic carbocycles. The van der Waals surface area contributed by atoms with Crippen molar-refractivity contribution < 1.29 is 14.0 Å². The van der Waals surface area contributed by atoms with E-state index in [2.05, 4.69) is 15.9 Å². The van der Waals surface area contributed by atoms with Crippen LogP contribution in [0, 0.1) is 5.82 Å². The largest absolute Gasteiger partial charge is 0.298 e. The van der Waals surface area contributed by atoms with Gasteiger partial charge in [-0.1, -0.05) is 22.0 Å². The van der Waals surface area contributed by atoms with Crippen LogP contribution in [0.2, 0.25) is 0 Å². The van der Waals surface area contributed by atoms with Crippen molar-refractivity contribution in [2.45, 2.75) is 11.8 Å². The topological polar surface area (TPSA) is 34.1 Å². The molecule has 0 aliphatic heterocycles. The van der Waals surface area contributed by atoms with Gasteiger partial charge in [0, 0.05) is 5.56 Å². The number of hydrogen-bond acceptors (Lipinski definition) is 2. The van der Waals surface area contributed by atoms with E-state index in [0.29, 0.717) is 6.29 Å². The zero-order chi connectivity index (χ0) is 10.7. The Morgan fingerprint density at radius 1 is 1.57 bits per heavy atom. The van der Waals surface area contributed by atoms with E-state index in [1.165, 1.54) is 12.1 Å². The Balaban J connectivity index is 3.12. The molecular formula is C10H8BrFO2. The zero-order valence-corrected chi connectivity index (χ0v) is 9.05. The lowest BCUT2D eigenvalue weighted by Crippen LogP contribution is -2.12. The Morgan fingerprint density at radius 2 is 2.21 bits per heavy atom. The number of carbonyl (C=O) groups is 2. The normalized spacial score (nSPS) is 12.2. The summed E-state index contributed by atoms with van der Waals surface area (Å²) < 4.78 is 13.2. The average Bonchev–Trinajstić information content (AvgIpc) is 2.16. The molecule has 2 nitrogen and oxygen atoms in total. The van der Waals surface area contributed by atoms with Gasteiger partial charge in [-0.25, -0.2) is 4.39 Å². The maximum atomic E-state index is 13.2. The van der Waals surface area contributed by atoms with Crippen LogP contribution in [0.4, 0.5) is 4.39 Å². The number of hydrogen-bond donors (Lipinski definition) is 0. The van der Waals surface area contributed by atoms with Gasteiger partial charge in [0.1, 0.15) is 12.1 Å². The highest BCUT2D eigenvalue weighted by Crippen LogP contribution is 2.14. The smallest absolute Gasteiger partial charge is 0.179 e. The van der Waals surface area contributed by atoms with Crippen molar-refractivity contribution in [1.29, 1.82) is 0 Å². The summed E-state index contributed by atoms with van der Waals surface area (Å²) in [5.74, 6) is -0.995. The minimum atomic E-state index is -0.661. The van der Waals surface area contributed by atoms with Crippen molar-refractivity contribution in [2.75, 3.05) is 0 Å². The van der Waals surface area contributed by atoms with Gasteiger partial charge in [0.05, 0.1) is 10.4 Å². The fourth-order valence-corrected chi connectivity index (χ4v) is 1.27. The molecule has 0 saturated heterocycles. The molecule has 1 aromatic rings. The fraction of sp³-hybridized carbons (Fsp3) is 0.200. The number of carbonyl (C=O) groups excluding carboxylic acids is 2. The first-order valence-corrected chi connectivity index (χ1v) is 4.91. The fourth-order valence-electron chi connectivity index (χ4n) is 1.02. The van der Waals surface area contributed by atoms with Crippen molar-refractivity contribution in [2.24, 2.45) is 0 Å². The molecule has 1 rings (SSSR count). The van der Waals surface area contributed by atoms with E-state index in [1.54, 1.807) is 6.92 Å². The molecule has 0 amide bonds. The molecule has 0 aliphatic carbocycles. The third-order valence-corrected chi connectivity index (χ3v) is 2.17. The molecule has 1 atom stereocenters. The lowest BCUT2D eigenvalue weighted by Gasteiger charge is -2.04. The van der Waals surface area contributed by atoms with Crippen molar-refractivity contribution in [3.63, 3.8) is 0 Å². The number of Topliss-reactive ketones (excluding diaryl/α,β-unsaturated/α-hetero) is 1. The minimum Gasteiger partial charge on any atom is -0.298 e. The first kappa shape index (κ1) is 11.0. The molecule has 0 radical (unpaired) electrons. The van der Waals surface area contributed by atoms with Gasteiger partial charge in [0.2, 0.25) is 0 Å². The molecule has 0 spiro atoms. The van der Waals surface area contributed by atoms with Crippen LogP contribution in [0.1, 0.15) is 27.6 Å². The standard InChI is InChI=1S/C10H8BrFO2/c1-6(11)10(14)8-3-2-7(5-13)4-9(8)12/h2-6H,1H3. The molecule has 1 unspecified atom stereocenters. The van der Waals surface area contributed by atoms with E-state index in [9.17, 15) is 14.0 Å². The van der Waals surface area contributed by atoms with E-state index in [-0.39, 0.29) is 16.9 Å². The van der Waals surface area contributed by atoms with Crippen LogP contribution in [0.3, 0.4) is 0 Å². The van der Waals surface area contributed by atoms with Crippen LogP contribution < -0.4 is 0 Å². The van der Waals surface area contributed by atoms with Crippen molar-refractivity contribution in [3.8, 4) is 0 Å². The van der Waals surface area contributed by atoms with Crippen LogP contribution in [-0.4, -0.2) is 16.9 Å². The van der Waals surface area contributed by atoms with E-state index < -0.39 is 10.6 Å². The molecule has 0 aromatic heterocycles. The summed E-state index contributed by atoms with van der Waals surface area (Å²) >= 11 is 3.06. The first-order valence-electron chi connectivity index (χ1n) is 3.99. The van der Waals surface area contributed by atoms with Gasteiger partial charge in [-0.05, 0) is 19.1 Å². The first-order chi connectivity index (χ1) is 6.56. The summed E-state index contributed by atoms with van der Waals surface area (Å²) in [4.78, 5) is 21.3. The van der Waals surface area contributed by atoms with Gasteiger partial charge >= 0.3 is 0 Å². The van der Waals surface area contributed by atoms with Crippen molar-refractivity contribution in [3.05, 3.63) is 35.1 Å². The van der Waals surface area contributed by atoms with Gasteiger partial charge < -0.3 is 0 Å². The second-order valence-electron chi connectivity index (χ2n) is 2.84. The van der Waals surface area contributed by atoms with Crippen molar-refractivity contribution in [1.82, 2.24) is 0 Å². The Morgan fingerprint density at radius 3 is 2.64 bits per heavy atom. The second kappa shape index (κ2) is 4.46. The van der Waals surface area contributed by atoms with Crippen LogP contribution >= 0.6 is 15.9 Å². The molecule has 0 bridgehead atoms. The zero-order valence-electron chi connectivity index (χ0n) is 7.46. The van der Waals surface area contributed by atoms with E-state index in [1.807, 2.05) is 0 Å². The van der Waals surface area contributed by atoms with Gasteiger partial charge in [-0.2, -0.15) is 0 Å². The maximum absolute atomic E-state index is 13.2. The minimum absolute atomic E-state index is 0.0000231. The lowest BCUT2D eigenvalue weighted by atomic mass is 10.1. The van der Waals surface area contributed by atoms with Crippen LogP contribution in [-0.2, 0) is 0 Å². The van der Waals surface area contributed by atoms with Crippen molar-refractivity contribution >= 4 is 28.0 Å². The molecule has 0 saturated carbocycles. The summed E-state index contributed by atoms with van der Waals surface area (Å²) in [7, 11) is 0. The number of alkyl halides is 1. The Hall–Kier alpha value is -1.03. The second-order valence-corrected chi connectivity index (χ2v) is 4.21. The number of rotatable bonds is 3. The molecule has 0 fully saturated rings. The third kappa shape index (κ3) is 2.26. The summed E-state index contributed by atoms with van der Waals surface area (Å²) in [5, 5.41) is 0. The van der Waals surface area contributed by atoms with Crippen LogP contribution in [0.25, 0.3) is 0 Å². The van der Waals surface area contributed by atoms with Gasteiger partial charge in [0.25, 0.3) is 0 Å². The molecular weight excluding hydrogens is 251 g/mol. The summed E-state index contributed by atoms with van der Waals surface area (Å²) in [6, 6.07) is 3.79. The van der Waals surface area contributed by atoms with Crippen LogP contribution in [0.15, 0.2) is 18.2 Å². The summed E-state index contributed by atoms with van der Waals surface area (Å²) in [5.41, 5.74) is 0.223. The molecule has 4 heteroatoms. The summed E-state index contributed by atoms with van der Waals surface area (Å²) in [6.07, 6.45) is 0.537. The monoisotopic (exact) mass is 258 g/mol. The quantitative estimate of drug-likeness (QED) is 0.475. The number of ketones is 1. The number of benzene rings is 1. The summed E-state index contributed by atoms with van der Waals surface area (Å²) in [6.45, 7) is 1.62. The van der Waals surface area contributed by atoms with E-state index in [4.69, 9.17) is 0 Å². The van der Waals surface area contributed by atoms with Gasteiger partial charge in [0.15, 0.2) is 5.78 Å². The third-order valence-electron chi connectivity index (χ3n) is 1.76. The number of halogens is 2. The highest BCUT2D eigenvalue weighted by atomic mass is 79.9. The maximum Gasteiger partial charge on any atom is 0.179 e. The Bertz CT molecular complexity index is 374. The SMILES string of the molecule is CC(Br)C(=O)c1ccc(C=O)cc1F. The number of aldehydes is 1.